The third-order valence-corrected chi connectivity index (χ3v) is 5.56. The predicted molar refractivity (Wildman–Crippen MR) is 115 cm³/mol. The molecule has 1 heterocycles. The average Bonchev–Trinajstić information content (AvgIpc) is 2.99. The molecule has 0 atom stereocenters. The van der Waals surface area contributed by atoms with Crippen molar-refractivity contribution in [2.24, 2.45) is 0 Å². The maximum Gasteiger partial charge on any atom is 0.222 e. The molecule has 4 heteroatoms. The average molecular weight is 381 g/mol. The fourth-order valence-electron chi connectivity index (χ4n) is 3.70. The van der Waals surface area contributed by atoms with Crippen LogP contribution in [0.4, 0.5) is 5.69 Å². The number of anilines is 1. The third kappa shape index (κ3) is 5.28. The largest absolute Gasteiger partial charge is 0.497 e. The van der Waals surface area contributed by atoms with Crippen molar-refractivity contribution in [1.82, 2.24) is 4.90 Å². The molecule has 150 valence electrons. The van der Waals surface area contributed by atoms with Crippen LogP contribution in [0.25, 0.3) is 0 Å². The molecule has 2 aromatic rings. The van der Waals surface area contributed by atoms with Crippen LogP contribution in [0.1, 0.15) is 43.7 Å². The summed E-state index contributed by atoms with van der Waals surface area (Å²) in [6, 6.07) is 16.9. The van der Waals surface area contributed by atoms with Gasteiger partial charge in [-0.2, -0.15) is 0 Å². The first kappa shape index (κ1) is 20.2. The molecule has 0 N–H and O–H groups in total. The number of carbonyl (C=O) groups is 1. The minimum Gasteiger partial charge on any atom is -0.497 e. The number of aryl methyl sites for hydroxylation is 1. The van der Waals surface area contributed by atoms with E-state index in [-0.39, 0.29) is 5.91 Å². The van der Waals surface area contributed by atoms with Crippen LogP contribution in [0.5, 0.6) is 5.75 Å². The van der Waals surface area contributed by atoms with Gasteiger partial charge >= 0.3 is 0 Å². The van der Waals surface area contributed by atoms with E-state index in [0.29, 0.717) is 12.3 Å². The molecule has 1 aliphatic rings. The number of hydrogen-bond donors (Lipinski definition) is 0. The van der Waals surface area contributed by atoms with Crippen molar-refractivity contribution in [3.8, 4) is 5.75 Å². The van der Waals surface area contributed by atoms with E-state index >= 15 is 0 Å². The van der Waals surface area contributed by atoms with Gasteiger partial charge in [-0.3, -0.25) is 4.79 Å². The van der Waals surface area contributed by atoms with Crippen molar-refractivity contribution in [3.63, 3.8) is 0 Å². The normalized spacial score (nSPS) is 14.9. The van der Waals surface area contributed by atoms with Gasteiger partial charge in [0.05, 0.1) is 7.11 Å². The Balaban J connectivity index is 1.50. The second kappa shape index (κ2) is 9.63. The van der Waals surface area contributed by atoms with E-state index in [1.165, 1.54) is 16.8 Å². The Morgan fingerprint density at radius 3 is 2.32 bits per heavy atom. The van der Waals surface area contributed by atoms with E-state index in [9.17, 15) is 4.79 Å². The number of ether oxygens (including phenoxy) is 1. The Morgan fingerprint density at radius 1 is 0.964 bits per heavy atom. The number of nitrogens with zero attached hydrogens (tertiary/aromatic N) is 2. The molecule has 0 unspecified atom stereocenters. The smallest absolute Gasteiger partial charge is 0.222 e. The molecule has 0 bridgehead atoms. The van der Waals surface area contributed by atoms with Crippen molar-refractivity contribution in [1.29, 1.82) is 0 Å². The zero-order valence-corrected chi connectivity index (χ0v) is 17.4. The minimum absolute atomic E-state index is 0.268. The molecule has 1 fully saturated rings. The quantitative estimate of drug-likeness (QED) is 0.740. The van der Waals surface area contributed by atoms with E-state index in [2.05, 4.69) is 55.1 Å². The number of hydrogen-bond acceptors (Lipinski definition) is 3. The van der Waals surface area contributed by atoms with Crippen molar-refractivity contribution in [2.45, 2.75) is 39.0 Å². The Kier molecular flexibility index (Phi) is 6.96. The second-order valence-corrected chi connectivity index (χ2v) is 7.82. The molecule has 2 aromatic carbocycles. The van der Waals surface area contributed by atoms with Crippen LogP contribution in [0.15, 0.2) is 48.5 Å². The van der Waals surface area contributed by atoms with Crippen LogP contribution < -0.4 is 9.64 Å². The standard InChI is InChI=1S/C24H32N2O2/c1-19(2)21-8-5-20(6-9-21)7-14-24(27)26-16-4-15-25(17-18-26)22-10-12-23(28-3)13-11-22/h5-6,8-13,19H,4,7,14-18H2,1-3H3. The SMILES string of the molecule is COc1ccc(N2CCCN(C(=O)CCc3ccc(C(C)C)cc3)CC2)cc1. The summed E-state index contributed by atoms with van der Waals surface area (Å²) in [6.45, 7) is 7.89. The highest BCUT2D eigenvalue weighted by atomic mass is 16.5. The minimum atomic E-state index is 0.268. The van der Waals surface area contributed by atoms with Gasteiger partial charge in [0.15, 0.2) is 0 Å². The van der Waals surface area contributed by atoms with Crippen LogP contribution in [0.3, 0.4) is 0 Å². The zero-order chi connectivity index (χ0) is 19.9. The molecule has 1 saturated heterocycles. The molecular weight excluding hydrogens is 348 g/mol. The lowest BCUT2D eigenvalue weighted by atomic mass is 10.0. The molecule has 28 heavy (non-hydrogen) atoms. The van der Waals surface area contributed by atoms with E-state index in [1.54, 1.807) is 7.11 Å². The lowest BCUT2D eigenvalue weighted by Crippen LogP contribution is -2.35. The van der Waals surface area contributed by atoms with Gasteiger partial charge in [0.2, 0.25) is 5.91 Å². The topological polar surface area (TPSA) is 32.8 Å². The summed E-state index contributed by atoms with van der Waals surface area (Å²) >= 11 is 0. The van der Waals surface area contributed by atoms with Gasteiger partial charge in [0.1, 0.15) is 5.75 Å². The van der Waals surface area contributed by atoms with Crippen LogP contribution >= 0.6 is 0 Å². The number of rotatable bonds is 6. The van der Waals surface area contributed by atoms with Crippen molar-refractivity contribution >= 4 is 11.6 Å². The molecule has 3 rings (SSSR count). The lowest BCUT2D eigenvalue weighted by Gasteiger charge is -2.24. The van der Waals surface area contributed by atoms with Crippen molar-refractivity contribution in [3.05, 3.63) is 59.7 Å². The highest BCUT2D eigenvalue weighted by molar-refractivity contribution is 5.76. The number of methoxy groups -OCH3 is 1. The Bertz CT molecular complexity index is 753. The number of benzene rings is 2. The molecule has 0 saturated carbocycles. The van der Waals surface area contributed by atoms with E-state index < -0.39 is 0 Å². The van der Waals surface area contributed by atoms with Crippen LogP contribution in [0, 0.1) is 0 Å². The van der Waals surface area contributed by atoms with Crippen LogP contribution in [-0.2, 0) is 11.2 Å². The van der Waals surface area contributed by atoms with Crippen molar-refractivity contribution < 1.29 is 9.53 Å². The Hall–Kier alpha value is -2.49. The molecule has 1 amide bonds. The highest BCUT2D eigenvalue weighted by Crippen LogP contribution is 2.21. The molecular formula is C24H32N2O2. The Morgan fingerprint density at radius 2 is 1.68 bits per heavy atom. The number of carbonyl (C=O) groups excluding carboxylic acids is 1. The molecule has 4 nitrogen and oxygen atoms in total. The monoisotopic (exact) mass is 380 g/mol. The van der Waals surface area contributed by atoms with Gasteiger partial charge in [-0.15, -0.1) is 0 Å². The lowest BCUT2D eigenvalue weighted by molar-refractivity contribution is -0.130. The van der Waals surface area contributed by atoms with E-state index in [1.807, 2.05) is 17.0 Å². The summed E-state index contributed by atoms with van der Waals surface area (Å²) < 4.78 is 5.24. The van der Waals surface area contributed by atoms with Gasteiger partial charge in [0.25, 0.3) is 0 Å². The first-order chi connectivity index (χ1) is 13.6. The van der Waals surface area contributed by atoms with Gasteiger partial charge in [-0.1, -0.05) is 38.1 Å². The number of amides is 1. The first-order valence-corrected chi connectivity index (χ1v) is 10.3. The summed E-state index contributed by atoms with van der Waals surface area (Å²) in [4.78, 5) is 17.1. The predicted octanol–water partition coefficient (Wildman–Crippen LogP) is 4.49. The Labute approximate surface area is 169 Å². The molecule has 0 aliphatic carbocycles. The van der Waals surface area contributed by atoms with E-state index in [0.717, 1.165) is 44.8 Å². The molecule has 1 aliphatic heterocycles. The molecule has 0 aromatic heterocycles. The fraction of sp³-hybridized carbons (Fsp3) is 0.458. The van der Waals surface area contributed by atoms with Crippen LogP contribution in [-0.4, -0.2) is 44.1 Å². The van der Waals surface area contributed by atoms with Crippen LogP contribution in [0.2, 0.25) is 0 Å². The summed E-state index contributed by atoms with van der Waals surface area (Å²) in [5.74, 6) is 1.68. The second-order valence-electron chi connectivity index (χ2n) is 7.82. The highest BCUT2D eigenvalue weighted by Gasteiger charge is 2.19. The van der Waals surface area contributed by atoms with Gasteiger partial charge < -0.3 is 14.5 Å². The van der Waals surface area contributed by atoms with E-state index in [4.69, 9.17) is 4.74 Å². The molecule has 0 radical (unpaired) electrons. The summed E-state index contributed by atoms with van der Waals surface area (Å²) in [7, 11) is 1.68. The third-order valence-electron chi connectivity index (χ3n) is 5.56. The first-order valence-electron chi connectivity index (χ1n) is 10.3. The summed E-state index contributed by atoms with van der Waals surface area (Å²) in [6.07, 6.45) is 2.40. The maximum absolute atomic E-state index is 12.7. The summed E-state index contributed by atoms with van der Waals surface area (Å²) in [5, 5.41) is 0. The fourth-order valence-corrected chi connectivity index (χ4v) is 3.70. The van der Waals surface area contributed by atoms with Crippen molar-refractivity contribution in [2.75, 3.05) is 38.2 Å². The van der Waals surface area contributed by atoms with Gasteiger partial charge in [-0.25, -0.2) is 0 Å². The van der Waals surface area contributed by atoms with Gasteiger partial charge in [-0.05, 0) is 54.2 Å². The maximum atomic E-state index is 12.7. The molecule has 0 spiro atoms. The summed E-state index contributed by atoms with van der Waals surface area (Å²) in [5.41, 5.74) is 3.79. The zero-order valence-electron chi connectivity index (χ0n) is 17.4. The van der Waals surface area contributed by atoms with Gasteiger partial charge in [0, 0.05) is 38.3 Å².